The number of hydrogen-bond donors (Lipinski definition) is 2. The maximum absolute atomic E-state index is 5.45. The molecule has 0 aliphatic rings. The lowest BCUT2D eigenvalue weighted by atomic mass is 10.1. The van der Waals surface area contributed by atoms with Crippen molar-refractivity contribution in [3.05, 3.63) is 60.7 Å². The minimum Gasteiger partial charge on any atom is -0.497 e. The lowest BCUT2D eigenvalue weighted by Crippen LogP contribution is -2.19. The molecule has 3 aromatic rings. The first-order valence-corrected chi connectivity index (χ1v) is 7.90. The lowest BCUT2D eigenvalue weighted by molar-refractivity contribution is 0.405. The van der Waals surface area contributed by atoms with Crippen LogP contribution in [0.5, 0.6) is 11.5 Å². The molecule has 122 valence electrons. The summed E-state index contributed by atoms with van der Waals surface area (Å²) in [5.41, 5.74) is 1.70. The van der Waals surface area contributed by atoms with Crippen LogP contribution in [-0.2, 0) is 0 Å². The smallest absolute Gasteiger partial charge is 0.175 e. The highest BCUT2D eigenvalue weighted by Gasteiger charge is 2.08. The summed E-state index contributed by atoms with van der Waals surface area (Å²) in [5.74, 6) is 1.42. The van der Waals surface area contributed by atoms with Gasteiger partial charge in [-0.05, 0) is 35.8 Å². The minimum atomic E-state index is 0.484. The Balaban J connectivity index is 1.83. The third-order valence-electron chi connectivity index (χ3n) is 3.69. The quantitative estimate of drug-likeness (QED) is 0.677. The number of methoxy groups -OCH3 is 2. The predicted molar refractivity (Wildman–Crippen MR) is 103 cm³/mol. The molecule has 0 heterocycles. The van der Waals surface area contributed by atoms with Gasteiger partial charge in [0.25, 0.3) is 0 Å². The largest absolute Gasteiger partial charge is 0.497 e. The Kier molecular flexibility index (Phi) is 4.82. The highest BCUT2D eigenvalue weighted by Crippen LogP contribution is 2.29. The van der Waals surface area contributed by atoms with Gasteiger partial charge in [0.05, 0.1) is 19.9 Å². The number of anilines is 2. The van der Waals surface area contributed by atoms with Crippen LogP contribution in [0.15, 0.2) is 60.7 Å². The van der Waals surface area contributed by atoms with Crippen molar-refractivity contribution < 1.29 is 9.47 Å². The van der Waals surface area contributed by atoms with Crippen molar-refractivity contribution in [3.63, 3.8) is 0 Å². The van der Waals surface area contributed by atoms with Gasteiger partial charge in [0.15, 0.2) is 5.11 Å². The second kappa shape index (κ2) is 7.19. The molecule has 2 N–H and O–H groups in total. The van der Waals surface area contributed by atoms with E-state index in [0.717, 1.165) is 27.9 Å². The molecule has 0 aromatic heterocycles. The number of thiocarbonyl (C=S) groups is 1. The zero-order valence-electron chi connectivity index (χ0n) is 13.5. The van der Waals surface area contributed by atoms with E-state index in [1.54, 1.807) is 14.2 Å². The van der Waals surface area contributed by atoms with Crippen molar-refractivity contribution >= 4 is 39.5 Å². The molecule has 3 aromatic carbocycles. The topological polar surface area (TPSA) is 42.5 Å². The first kappa shape index (κ1) is 16.1. The van der Waals surface area contributed by atoms with Crippen molar-refractivity contribution in [2.45, 2.75) is 0 Å². The fourth-order valence-electron chi connectivity index (χ4n) is 2.52. The van der Waals surface area contributed by atoms with Gasteiger partial charge in [-0.2, -0.15) is 0 Å². The van der Waals surface area contributed by atoms with Gasteiger partial charge in [0, 0.05) is 17.1 Å². The number of hydrogen-bond acceptors (Lipinski definition) is 3. The van der Waals surface area contributed by atoms with Crippen molar-refractivity contribution in [1.82, 2.24) is 0 Å². The fourth-order valence-corrected chi connectivity index (χ4v) is 2.74. The lowest BCUT2D eigenvalue weighted by Gasteiger charge is -2.15. The Morgan fingerprint density at radius 1 is 0.833 bits per heavy atom. The van der Waals surface area contributed by atoms with Crippen LogP contribution in [-0.4, -0.2) is 19.3 Å². The highest BCUT2D eigenvalue weighted by atomic mass is 32.1. The van der Waals surface area contributed by atoms with Crippen LogP contribution in [0.25, 0.3) is 10.8 Å². The van der Waals surface area contributed by atoms with Gasteiger partial charge in [-0.3, -0.25) is 0 Å². The molecule has 0 aliphatic heterocycles. The molecule has 0 saturated heterocycles. The first-order chi connectivity index (χ1) is 11.7. The van der Waals surface area contributed by atoms with Gasteiger partial charge in [-0.1, -0.05) is 36.4 Å². The Morgan fingerprint density at radius 2 is 1.58 bits per heavy atom. The van der Waals surface area contributed by atoms with E-state index in [1.165, 1.54) is 0 Å². The molecular formula is C19H18N2O2S. The molecule has 0 unspecified atom stereocenters. The van der Waals surface area contributed by atoms with Crippen molar-refractivity contribution in [2.24, 2.45) is 0 Å². The van der Waals surface area contributed by atoms with E-state index in [0.29, 0.717) is 10.9 Å². The van der Waals surface area contributed by atoms with Gasteiger partial charge in [-0.25, -0.2) is 0 Å². The second-order valence-electron chi connectivity index (χ2n) is 5.17. The van der Waals surface area contributed by atoms with Crippen molar-refractivity contribution in [2.75, 3.05) is 24.9 Å². The summed E-state index contributed by atoms with van der Waals surface area (Å²) < 4.78 is 10.6. The molecule has 0 atom stereocenters. The Bertz CT molecular complexity index is 875. The number of rotatable bonds is 4. The van der Waals surface area contributed by atoms with E-state index < -0.39 is 0 Å². The molecule has 0 bridgehead atoms. The van der Waals surface area contributed by atoms with Crippen LogP contribution in [0.1, 0.15) is 0 Å². The van der Waals surface area contributed by atoms with E-state index >= 15 is 0 Å². The summed E-state index contributed by atoms with van der Waals surface area (Å²) >= 11 is 5.45. The van der Waals surface area contributed by atoms with E-state index in [2.05, 4.69) is 28.8 Å². The molecule has 5 heteroatoms. The second-order valence-corrected chi connectivity index (χ2v) is 5.58. The minimum absolute atomic E-state index is 0.484. The van der Waals surface area contributed by atoms with Crippen LogP contribution in [0.4, 0.5) is 11.4 Å². The van der Waals surface area contributed by atoms with Crippen molar-refractivity contribution in [1.29, 1.82) is 0 Å². The van der Waals surface area contributed by atoms with Crippen LogP contribution in [0, 0.1) is 0 Å². The maximum Gasteiger partial charge on any atom is 0.175 e. The van der Waals surface area contributed by atoms with Gasteiger partial charge >= 0.3 is 0 Å². The van der Waals surface area contributed by atoms with Gasteiger partial charge in [0.2, 0.25) is 0 Å². The summed E-state index contributed by atoms with van der Waals surface area (Å²) in [6, 6.07) is 19.7. The van der Waals surface area contributed by atoms with Crippen LogP contribution < -0.4 is 20.1 Å². The standard InChI is InChI=1S/C19H18N2O2S/c1-22-14-10-11-18(23-2)17(12-14)21-19(24)20-16-9-5-7-13-6-3-4-8-15(13)16/h3-12H,1-2H3,(H2,20,21,24). The summed E-state index contributed by atoms with van der Waals surface area (Å²) in [4.78, 5) is 0. The average molecular weight is 338 g/mol. The van der Waals surface area contributed by atoms with Gasteiger partial charge < -0.3 is 20.1 Å². The molecule has 0 saturated carbocycles. The number of nitrogens with one attached hydrogen (secondary N) is 2. The number of benzene rings is 3. The Morgan fingerprint density at radius 3 is 2.38 bits per heavy atom. The third kappa shape index (κ3) is 3.41. The third-order valence-corrected chi connectivity index (χ3v) is 3.90. The molecule has 0 fully saturated rings. The summed E-state index contributed by atoms with van der Waals surface area (Å²) in [5, 5.41) is 9.16. The molecule has 0 amide bonds. The van der Waals surface area contributed by atoms with Gasteiger partial charge in [-0.15, -0.1) is 0 Å². The summed E-state index contributed by atoms with van der Waals surface area (Å²) in [6.07, 6.45) is 0. The highest BCUT2D eigenvalue weighted by molar-refractivity contribution is 7.80. The summed E-state index contributed by atoms with van der Waals surface area (Å²) in [6.45, 7) is 0. The molecule has 24 heavy (non-hydrogen) atoms. The van der Waals surface area contributed by atoms with E-state index in [-0.39, 0.29) is 0 Å². The Labute approximate surface area is 146 Å². The van der Waals surface area contributed by atoms with Crippen molar-refractivity contribution in [3.8, 4) is 11.5 Å². The predicted octanol–water partition coefficient (Wildman–Crippen LogP) is 4.67. The molecular weight excluding hydrogens is 320 g/mol. The summed E-state index contributed by atoms with van der Waals surface area (Å²) in [7, 11) is 3.24. The molecule has 0 spiro atoms. The number of fused-ring (bicyclic) bond motifs is 1. The van der Waals surface area contributed by atoms with Gasteiger partial charge in [0.1, 0.15) is 11.5 Å². The fraction of sp³-hybridized carbons (Fsp3) is 0.105. The Hall–Kier alpha value is -2.79. The van der Waals surface area contributed by atoms with E-state index in [1.807, 2.05) is 42.5 Å². The SMILES string of the molecule is COc1ccc(OC)c(NC(=S)Nc2cccc3ccccc23)c1. The zero-order valence-corrected chi connectivity index (χ0v) is 14.3. The van der Waals surface area contributed by atoms with E-state index in [9.17, 15) is 0 Å². The molecule has 0 aliphatic carbocycles. The monoisotopic (exact) mass is 338 g/mol. The maximum atomic E-state index is 5.45. The molecule has 0 radical (unpaired) electrons. The van der Waals surface area contributed by atoms with E-state index in [4.69, 9.17) is 21.7 Å². The molecule has 4 nitrogen and oxygen atoms in total. The molecule has 3 rings (SSSR count). The average Bonchev–Trinajstić information content (AvgIpc) is 2.62. The zero-order chi connectivity index (χ0) is 16.9. The van der Waals surface area contributed by atoms with Crippen LogP contribution >= 0.6 is 12.2 Å². The van der Waals surface area contributed by atoms with Crippen LogP contribution in [0.3, 0.4) is 0 Å². The normalized spacial score (nSPS) is 10.2. The first-order valence-electron chi connectivity index (χ1n) is 7.49. The van der Waals surface area contributed by atoms with Crippen LogP contribution in [0.2, 0.25) is 0 Å². The number of ether oxygens (including phenoxy) is 2.